The molecular weight excluding hydrogens is 452 g/mol. The molecule has 1 unspecified atom stereocenters. The summed E-state index contributed by atoms with van der Waals surface area (Å²) in [6.07, 6.45) is 9.85. The number of rotatable bonds is 5. The first kappa shape index (κ1) is 26.7. The lowest BCUT2D eigenvalue weighted by Gasteiger charge is -2.50. The molecule has 0 saturated carbocycles. The van der Waals surface area contributed by atoms with Crippen LogP contribution in [0.1, 0.15) is 37.1 Å². The summed E-state index contributed by atoms with van der Waals surface area (Å²) in [6.45, 7) is 4.37. The van der Waals surface area contributed by atoms with Crippen molar-refractivity contribution in [3.63, 3.8) is 0 Å². The van der Waals surface area contributed by atoms with Crippen molar-refractivity contribution in [2.45, 2.75) is 56.3 Å². The zero-order valence-electron chi connectivity index (χ0n) is 20.2. The number of aryl methyl sites for hydroxylation is 1. The van der Waals surface area contributed by atoms with Gasteiger partial charge >= 0.3 is 0 Å². The fourth-order valence-electron chi connectivity index (χ4n) is 5.74. The summed E-state index contributed by atoms with van der Waals surface area (Å²) in [5.41, 5.74) is 1.32. The molecule has 10 heteroatoms. The number of phenols is 1. The van der Waals surface area contributed by atoms with Crippen LogP contribution in [0.25, 0.3) is 0 Å². The van der Waals surface area contributed by atoms with Crippen LogP contribution < -0.4 is 0 Å². The Labute approximate surface area is 205 Å². The lowest BCUT2D eigenvalue weighted by atomic mass is 9.84. The number of phenolic OH excluding ortho intramolecular Hbond substituents is 1. The predicted molar refractivity (Wildman–Crippen MR) is 129 cm³/mol. The van der Waals surface area contributed by atoms with Crippen molar-refractivity contribution in [2.75, 3.05) is 26.2 Å². The van der Waals surface area contributed by atoms with E-state index >= 15 is 0 Å². The van der Waals surface area contributed by atoms with E-state index in [2.05, 4.69) is 26.4 Å². The Morgan fingerprint density at radius 1 is 1.11 bits per heavy atom. The molecule has 3 atom stereocenters. The summed E-state index contributed by atoms with van der Waals surface area (Å²) < 4.78 is 8.59. The van der Waals surface area contributed by atoms with Crippen molar-refractivity contribution in [3.8, 4) is 5.75 Å². The summed E-state index contributed by atoms with van der Waals surface area (Å²) in [5, 5.41) is 23.3. The number of hydrogen-bond donors (Lipinski definition) is 3. The number of carbonyl (C=O) groups is 2. The molecule has 192 valence electrons. The average molecular weight is 489 g/mol. The van der Waals surface area contributed by atoms with Gasteiger partial charge in [0.1, 0.15) is 11.6 Å². The first-order valence-corrected chi connectivity index (χ1v) is 12.0. The average Bonchev–Trinajstić information content (AvgIpc) is 3.34. The molecule has 4 heterocycles. The van der Waals surface area contributed by atoms with Crippen LogP contribution in [0.4, 0.5) is 0 Å². The Kier molecular flexibility index (Phi) is 9.64. The number of aromatic nitrogens is 2. The largest absolute Gasteiger partial charge is 0.508 e. The number of aromatic hydroxyl groups is 1. The van der Waals surface area contributed by atoms with Crippen LogP contribution in [0.5, 0.6) is 5.75 Å². The van der Waals surface area contributed by atoms with Crippen LogP contribution in [0.2, 0.25) is 0 Å². The Morgan fingerprint density at radius 2 is 1.74 bits per heavy atom. The normalized spacial score (nSPS) is 25.7. The Morgan fingerprint density at radius 3 is 2.31 bits per heavy atom. The molecule has 0 aliphatic carbocycles. The van der Waals surface area contributed by atoms with Gasteiger partial charge in [-0.15, -0.1) is 0 Å². The third-order valence-corrected chi connectivity index (χ3v) is 7.19. The summed E-state index contributed by atoms with van der Waals surface area (Å²) in [5.74, 6) is 1.48. The number of nitrogens with zero attached hydrogens (tertiary/aromatic N) is 4. The second-order valence-electron chi connectivity index (χ2n) is 9.35. The van der Waals surface area contributed by atoms with Crippen LogP contribution in [0, 0.1) is 0 Å². The van der Waals surface area contributed by atoms with Gasteiger partial charge in [0.15, 0.2) is 0 Å². The van der Waals surface area contributed by atoms with E-state index in [0.717, 1.165) is 57.9 Å². The molecule has 3 aliphatic heterocycles. The molecule has 2 bridgehead atoms. The SMILES string of the molecule is Cn1ccnc1CN1CCOC2(C[C@H]3CC[C@@H](C2)N3CCc2ccc(O)cc2)C1.O=CO.O=CO. The Balaban J connectivity index is 0.000000520. The van der Waals surface area contributed by atoms with Crippen LogP contribution in [-0.2, 0) is 34.3 Å². The van der Waals surface area contributed by atoms with E-state index in [0.29, 0.717) is 17.8 Å². The van der Waals surface area contributed by atoms with Gasteiger partial charge in [0.05, 0.1) is 18.8 Å². The molecule has 2 aromatic rings. The van der Waals surface area contributed by atoms with Gasteiger partial charge in [-0.1, -0.05) is 12.1 Å². The molecule has 5 rings (SSSR count). The van der Waals surface area contributed by atoms with E-state index in [-0.39, 0.29) is 18.5 Å². The molecule has 3 aliphatic rings. The predicted octanol–water partition coefficient (Wildman–Crippen LogP) is 1.97. The summed E-state index contributed by atoms with van der Waals surface area (Å²) >= 11 is 0. The first-order chi connectivity index (χ1) is 16.9. The minimum atomic E-state index is -0.250. The highest BCUT2D eigenvalue weighted by molar-refractivity contribution is 5.33. The van der Waals surface area contributed by atoms with Crippen molar-refractivity contribution < 1.29 is 29.6 Å². The summed E-state index contributed by atoms with van der Waals surface area (Å²) in [7, 11) is 2.07. The fraction of sp³-hybridized carbons (Fsp3) is 0.560. The van der Waals surface area contributed by atoms with E-state index in [1.165, 1.54) is 18.4 Å². The van der Waals surface area contributed by atoms with Crippen molar-refractivity contribution in [2.24, 2.45) is 7.05 Å². The first-order valence-electron chi connectivity index (χ1n) is 12.0. The number of imidazole rings is 1. The lowest BCUT2D eigenvalue weighted by molar-refractivity contribution is -0.151. The second kappa shape index (κ2) is 12.7. The van der Waals surface area contributed by atoms with E-state index < -0.39 is 0 Å². The molecule has 35 heavy (non-hydrogen) atoms. The van der Waals surface area contributed by atoms with Gasteiger partial charge in [0.2, 0.25) is 0 Å². The number of ether oxygens (including phenoxy) is 1. The maximum absolute atomic E-state index is 9.49. The van der Waals surface area contributed by atoms with E-state index in [1.54, 1.807) is 12.1 Å². The molecule has 3 saturated heterocycles. The summed E-state index contributed by atoms with van der Waals surface area (Å²) in [6, 6.07) is 8.95. The number of morpholine rings is 1. The monoisotopic (exact) mass is 488 g/mol. The van der Waals surface area contributed by atoms with Gasteiger partial charge in [-0.25, -0.2) is 4.98 Å². The lowest BCUT2D eigenvalue weighted by Crippen LogP contribution is -2.60. The van der Waals surface area contributed by atoms with Gasteiger partial charge in [0, 0.05) is 51.2 Å². The number of fused-ring (bicyclic) bond motifs is 2. The smallest absolute Gasteiger partial charge is 0.290 e. The molecule has 10 nitrogen and oxygen atoms in total. The van der Waals surface area contributed by atoms with Crippen molar-refractivity contribution in [1.29, 1.82) is 0 Å². The molecule has 3 fully saturated rings. The molecule has 1 aromatic carbocycles. The number of carboxylic acid groups (broad SMARTS) is 2. The Bertz CT molecular complexity index is 914. The van der Waals surface area contributed by atoms with E-state index in [1.807, 2.05) is 24.5 Å². The third-order valence-electron chi connectivity index (χ3n) is 7.19. The molecule has 1 spiro atoms. The van der Waals surface area contributed by atoms with E-state index in [9.17, 15) is 5.11 Å². The second-order valence-corrected chi connectivity index (χ2v) is 9.35. The van der Waals surface area contributed by atoms with Gasteiger partial charge in [-0.2, -0.15) is 0 Å². The zero-order valence-corrected chi connectivity index (χ0v) is 20.2. The van der Waals surface area contributed by atoms with Crippen molar-refractivity contribution in [3.05, 3.63) is 48.0 Å². The maximum Gasteiger partial charge on any atom is 0.290 e. The molecule has 1 aromatic heterocycles. The number of piperidine rings is 1. The molecule has 0 amide bonds. The van der Waals surface area contributed by atoms with Crippen LogP contribution in [0.3, 0.4) is 0 Å². The topological polar surface area (TPSA) is 128 Å². The minimum absolute atomic E-state index is 0.0181. The van der Waals surface area contributed by atoms with Crippen molar-refractivity contribution >= 4 is 12.9 Å². The highest BCUT2D eigenvalue weighted by atomic mass is 16.5. The quantitative estimate of drug-likeness (QED) is 0.541. The highest BCUT2D eigenvalue weighted by Crippen LogP contribution is 2.44. The summed E-state index contributed by atoms with van der Waals surface area (Å²) in [4.78, 5) is 26.5. The van der Waals surface area contributed by atoms with Crippen molar-refractivity contribution in [1.82, 2.24) is 19.4 Å². The maximum atomic E-state index is 9.49. The van der Waals surface area contributed by atoms with Gasteiger partial charge in [-0.3, -0.25) is 19.4 Å². The Hall–Kier alpha value is -2.95. The zero-order chi connectivity index (χ0) is 25.3. The standard InChI is InChI=1S/C23H32N4O2.2CH2O2/c1-25-11-9-24-22(25)16-26-12-13-29-23(17-26)14-19-4-5-20(15-23)27(19)10-8-18-2-6-21(28)7-3-18;2*2-1-3/h2-3,6-7,9,11,19-20,28H,4-5,8,10,12-17H2,1H3;2*1H,(H,2,3)/t19-,20+,23?;;. The van der Waals surface area contributed by atoms with Crippen LogP contribution >= 0.6 is 0 Å². The highest BCUT2D eigenvalue weighted by Gasteiger charge is 2.50. The minimum Gasteiger partial charge on any atom is -0.508 e. The molecular formula is C25H36N4O6. The van der Waals surface area contributed by atoms with E-state index in [4.69, 9.17) is 24.5 Å². The third kappa shape index (κ3) is 7.03. The van der Waals surface area contributed by atoms with Crippen LogP contribution in [-0.4, -0.2) is 91.5 Å². The van der Waals surface area contributed by atoms with Gasteiger partial charge in [0.25, 0.3) is 12.9 Å². The number of benzene rings is 1. The van der Waals surface area contributed by atoms with Gasteiger partial charge in [-0.05, 0) is 49.8 Å². The van der Waals surface area contributed by atoms with Crippen LogP contribution in [0.15, 0.2) is 36.7 Å². The fourth-order valence-corrected chi connectivity index (χ4v) is 5.74. The number of hydrogen-bond acceptors (Lipinski definition) is 7. The van der Waals surface area contributed by atoms with Gasteiger partial charge < -0.3 is 24.6 Å². The molecule has 0 radical (unpaired) electrons. The molecule has 3 N–H and O–H groups in total.